The summed E-state index contributed by atoms with van der Waals surface area (Å²) >= 11 is 0. The summed E-state index contributed by atoms with van der Waals surface area (Å²) < 4.78 is 7.28. The molecule has 5 nitrogen and oxygen atoms in total. The van der Waals surface area contributed by atoms with Crippen LogP contribution in [-0.2, 0) is 13.1 Å². The van der Waals surface area contributed by atoms with Crippen molar-refractivity contribution in [1.82, 2.24) is 9.88 Å². The molecule has 0 aliphatic carbocycles. The zero-order chi connectivity index (χ0) is 17.5. The van der Waals surface area contributed by atoms with Gasteiger partial charge in [0.1, 0.15) is 5.75 Å². The fourth-order valence-electron chi connectivity index (χ4n) is 2.59. The summed E-state index contributed by atoms with van der Waals surface area (Å²) in [6, 6.07) is 21.2. The summed E-state index contributed by atoms with van der Waals surface area (Å²) in [5.74, 6) is 0.703. The fourth-order valence-corrected chi connectivity index (χ4v) is 2.59. The number of carbonyl (C=O) groups excluding carboxylic acids is 1. The van der Waals surface area contributed by atoms with Crippen molar-refractivity contribution in [3.8, 4) is 5.75 Å². The number of benzene rings is 2. The minimum Gasteiger partial charge on any atom is -0.497 e. The Hall–Kier alpha value is -3.21. The van der Waals surface area contributed by atoms with E-state index in [0.29, 0.717) is 18.0 Å². The van der Waals surface area contributed by atoms with Crippen molar-refractivity contribution in [2.45, 2.75) is 13.1 Å². The number of hydrogen-bond acceptors (Lipinski definition) is 2. The largest absolute Gasteiger partial charge is 0.497 e. The molecule has 1 heterocycles. The third kappa shape index (κ3) is 4.64. The minimum absolute atomic E-state index is 0.249. The normalized spacial score (nSPS) is 10.3. The first-order valence-corrected chi connectivity index (χ1v) is 8.11. The van der Waals surface area contributed by atoms with Crippen molar-refractivity contribution >= 4 is 11.7 Å². The Labute approximate surface area is 147 Å². The monoisotopic (exact) mass is 335 g/mol. The molecule has 0 bridgehead atoms. The fraction of sp³-hybridized carbons (Fsp3) is 0.150. The van der Waals surface area contributed by atoms with Crippen LogP contribution in [0.1, 0.15) is 11.3 Å². The van der Waals surface area contributed by atoms with Gasteiger partial charge in [0.15, 0.2) is 0 Å². The summed E-state index contributed by atoms with van der Waals surface area (Å²) in [6.45, 7) is 1.23. The van der Waals surface area contributed by atoms with Crippen molar-refractivity contribution in [2.24, 2.45) is 0 Å². The second-order valence-corrected chi connectivity index (χ2v) is 5.65. The predicted molar refractivity (Wildman–Crippen MR) is 98.8 cm³/mol. The Bertz CT molecular complexity index is 828. The highest BCUT2D eigenvalue weighted by Crippen LogP contribution is 2.16. The number of amides is 2. The van der Waals surface area contributed by atoms with E-state index in [0.717, 1.165) is 12.2 Å². The topological polar surface area (TPSA) is 55.3 Å². The molecule has 25 heavy (non-hydrogen) atoms. The van der Waals surface area contributed by atoms with Crippen molar-refractivity contribution < 1.29 is 9.53 Å². The summed E-state index contributed by atoms with van der Waals surface area (Å²) in [5, 5.41) is 5.69. The number of urea groups is 1. The van der Waals surface area contributed by atoms with E-state index in [1.54, 1.807) is 13.2 Å². The maximum absolute atomic E-state index is 12.1. The molecular formula is C20H21N3O2. The first-order chi connectivity index (χ1) is 12.2. The summed E-state index contributed by atoms with van der Waals surface area (Å²) in [4.78, 5) is 12.1. The standard InChI is InChI=1S/C20H21N3O2/c1-25-19-11-5-9-17(13-19)22-20(24)21-14-18-10-6-12-23(18)15-16-7-3-2-4-8-16/h2-13H,14-15H2,1H3,(H2,21,22,24). The SMILES string of the molecule is COc1cccc(NC(=O)NCc2cccn2Cc2ccccc2)c1. The Balaban J connectivity index is 1.56. The molecule has 0 unspecified atom stereocenters. The lowest BCUT2D eigenvalue weighted by atomic mass is 10.2. The van der Waals surface area contributed by atoms with Crippen LogP contribution in [0.15, 0.2) is 72.9 Å². The molecule has 0 aliphatic rings. The van der Waals surface area contributed by atoms with E-state index >= 15 is 0 Å². The van der Waals surface area contributed by atoms with Gasteiger partial charge >= 0.3 is 6.03 Å². The predicted octanol–water partition coefficient (Wildman–Crippen LogP) is 3.87. The van der Waals surface area contributed by atoms with E-state index in [9.17, 15) is 4.79 Å². The second-order valence-electron chi connectivity index (χ2n) is 5.65. The average Bonchev–Trinajstić information content (AvgIpc) is 3.08. The molecule has 0 aliphatic heterocycles. The van der Waals surface area contributed by atoms with Crippen molar-refractivity contribution in [3.05, 3.63) is 84.2 Å². The van der Waals surface area contributed by atoms with Gasteiger partial charge in [-0.3, -0.25) is 0 Å². The quantitative estimate of drug-likeness (QED) is 0.718. The smallest absolute Gasteiger partial charge is 0.319 e. The minimum atomic E-state index is -0.249. The average molecular weight is 335 g/mol. The Morgan fingerprint density at radius 1 is 1.04 bits per heavy atom. The molecule has 0 fully saturated rings. The van der Waals surface area contributed by atoms with Crippen molar-refractivity contribution in [1.29, 1.82) is 0 Å². The third-order valence-electron chi connectivity index (χ3n) is 3.88. The lowest BCUT2D eigenvalue weighted by Crippen LogP contribution is -2.29. The van der Waals surface area contributed by atoms with Gasteiger partial charge in [-0.2, -0.15) is 0 Å². The number of rotatable bonds is 6. The van der Waals surface area contributed by atoms with Gasteiger partial charge in [0.25, 0.3) is 0 Å². The molecule has 1 aromatic heterocycles. The van der Waals surface area contributed by atoms with Crippen LogP contribution in [0, 0.1) is 0 Å². The van der Waals surface area contributed by atoms with Crippen molar-refractivity contribution in [3.63, 3.8) is 0 Å². The van der Waals surface area contributed by atoms with E-state index in [1.807, 2.05) is 54.7 Å². The van der Waals surface area contributed by atoms with Crippen LogP contribution in [0.25, 0.3) is 0 Å². The molecule has 3 aromatic rings. The van der Waals surface area contributed by atoms with Gasteiger partial charge in [0.2, 0.25) is 0 Å². The number of nitrogens with zero attached hydrogens (tertiary/aromatic N) is 1. The number of aromatic nitrogens is 1. The lowest BCUT2D eigenvalue weighted by molar-refractivity contribution is 0.251. The lowest BCUT2D eigenvalue weighted by Gasteiger charge is -2.12. The number of carbonyl (C=O) groups is 1. The van der Waals surface area contributed by atoms with Crippen LogP contribution in [0.4, 0.5) is 10.5 Å². The summed E-state index contributed by atoms with van der Waals surface area (Å²) in [6.07, 6.45) is 2.02. The highest BCUT2D eigenvalue weighted by molar-refractivity contribution is 5.89. The van der Waals surface area contributed by atoms with E-state index in [1.165, 1.54) is 5.56 Å². The molecule has 0 saturated carbocycles. The van der Waals surface area contributed by atoms with Crippen LogP contribution >= 0.6 is 0 Å². The third-order valence-corrected chi connectivity index (χ3v) is 3.88. The van der Waals surface area contributed by atoms with Crippen LogP contribution in [0.5, 0.6) is 5.75 Å². The first kappa shape index (κ1) is 16.6. The molecule has 0 radical (unpaired) electrons. The molecule has 3 rings (SSSR count). The molecule has 2 N–H and O–H groups in total. The Morgan fingerprint density at radius 2 is 1.88 bits per heavy atom. The maximum Gasteiger partial charge on any atom is 0.319 e. The highest BCUT2D eigenvalue weighted by atomic mass is 16.5. The molecule has 5 heteroatoms. The molecule has 128 valence electrons. The number of anilines is 1. The molecule has 0 spiro atoms. The van der Waals surface area contributed by atoms with Gasteiger partial charge in [-0.05, 0) is 29.8 Å². The van der Waals surface area contributed by atoms with Gasteiger partial charge < -0.3 is 19.9 Å². The number of methoxy groups -OCH3 is 1. The van der Waals surface area contributed by atoms with Crippen LogP contribution in [0.3, 0.4) is 0 Å². The van der Waals surface area contributed by atoms with Crippen LogP contribution in [-0.4, -0.2) is 17.7 Å². The maximum atomic E-state index is 12.1. The van der Waals surface area contributed by atoms with Gasteiger partial charge in [-0.1, -0.05) is 36.4 Å². The summed E-state index contributed by atoms with van der Waals surface area (Å²) in [5.41, 5.74) is 2.96. The Kier molecular flexibility index (Phi) is 5.36. The zero-order valence-corrected chi connectivity index (χ0v) is 14.1. The highest BCUT2D eigenvalue weighted by Gasteiger charge is 2.06. The number of nitrogens with one attached hydrogen (secondary N) is 2. The molecule has 2 amide bonds. The summed E-state index contributed by atoms with van der Waals surface area (Å²) in [7, 11) is 1.60. The van der Waals surface area contributed by atoms with Crippen LogP contribution < -0.4 is 15.4 Å². The van der Waals surface area contributed by atoms with Gasteiger partial charge in [0.05, 0.1) is 13.7 Å². The van der Waals surface area contributed by atoms with E-state index in [-0.39, 0.29) is 6.03 Å². The van der Waals surface area contributed by atoms with Gasteiger partial charge in [-0.25, -0.2) is 4.79 Å². The van der Waals surface area contributed by atoms with Gasteiger partial charge in [-0.15, -0.1) is 0 Å². The molecule has 2 aromatic carbocycles. The number of ether oxygens (including phenoxy) is 1. The molecular weight excluding hydrogens is 314 g/mol. The van der Waals surface area contributed by atoms with Gasteiger partial charge in [0, 0.05) is 30.2 Å². The van der Waals surface area contributed by atoms with E-state index in [2.05, 4.69) is 27.3 Å². The zero-order valence-electron chi connectivity index (χ0n) is 14.1. The first-order valence-electron chi connectivity index (χ1n) is 8.11. The van der Waals surface area contributed by atoms with Crippen LogP contribution in [0.2, 0.25) is 0 Å². The van der Waals surface area contributed by atoms with Crippen molar-refractivity contribution in [2.75, 3.05) is 12.4 Å². The molecule has 0 atom stereocenters. The second kappa shape index (κ2) is 8.06. The Morgan fingerprint density at radius 3 is 2.68 bits per heavy atom. The number of hydrogen-bond donors (Lipinski definition) is 2. The molecule has 0 saturated heterocycles. The van der Waals surface area contributed by atoms with E-state index < -0.39 is 0 Å². The van der Waals surface area contributed by atoms with E-state index in [4.69, 9.17) is 4.74 Å².